The first-order valence-corrected chi connectivity index (χ1v) is 11.7. The number of thiophene rings is 1. The van der Waals surface area contributed by atoms with Crippen LogP contribution in [0.25, 0.3) is 20.7 Å². The molecule has 0 aliphatic carbocycles. The highest BCUT2D eigenvalue weighted by molar-refractivity contribution is 7.22. The summed E-state index contributed by atoms with van der Waals surface area (Å²) in [6.07, 6.45) is 0.577. The van der Waals surface area contributed by atoms with Gasteiger partial charge in [-0.2, -0.15) is 0 Å². The summed E-state index contributed by atoms with van der Waals surface area (Å²) in [5.41, 5.74) is -0.167. The van der Waals surface area contributed by atoms with Gasteiger partial charge in [-0.3, -0.25) is 14.2 Å². The van der Waals surface area contributed by atoms with Crippen LogP contribution < -0.4 is 21.3 Å². The second-order valence-electron chi connectivity index (χ2n) is 6.42. The van der Waals surface area contributed by atoms with Crippen molar-refractivity contribution in [1.29, 1.82) is 0 Å². The summed E-state index contributed by atoms with van der Waals surface area (Å²) in [5.74, 6) is -0.764. The first kappa shape index (κ1) is 25.6. The number of amides is 1. The summed E-state index contributed by atoms with van der Waals surface area (Å²) in [4.78, 5) is 40.4. The van der Waals surface area contributed by atoms with E-state index in [-0.39, 0.29) is 23.1 Å². The number of aromatic nitrogens is 2. The molecule has 0 bridgehead atoms. The third-order valence-electron chi connectivity index (χ3n) is 4.70. The van der Waals surface area contributed by atoms with E-state index < -0.39 is 23.1 Å². The molecule has 7 nitrogen and oxygen atoms in total. The minimum Gasteiger partial charge on any atom is -0.494 e. The number of carbonyl (C=O) groups is 1. The number of fused-ring (bicyclic) bond motifs is 1. The van der Waals surface area contributed by atoms with Gasteiger partial charge < -0.3 is 15.0 Å². The Bertz CT molecular complexity index is 1220. The molecule has 2 N–H and O–H groups in total. The Hall–Kier alpha value is -2.65. The van der Waals surface area contributed by atoms with Gasteiger partial charge in [-0.25, -0.2) is 9.18 Å². The van der Waals surface area contributed by atoms with E-state index in [1.807, 2.05) is 27.7 Å². The quantitative estimate of drug-likeness (QED) is 0.563. The summed E-state index contributed by atoms with van der Waals surface area (Å²) < 4.78 is 20.3. The zero-order valence-corrected chi connectivity index (χ0v) is 20.2. The lowest BCUT2D eigenvalue weighted by molar-refractivity contribution is -0.123. The van der Waals surface area contributed by atoms with Crippen LogP contribution >= 0.6 is 22.9 Å². The standard InChI is InChI=1S/C18H15ClFN3O4S.2C2H6/c1-27-13-5-9(10(19)6-11(13)20)14-7-12-16(28-14)17(25)23(18(26)22-12)8-2-3-21-15(24)4-8;2*1-2/h5-8H,2-4H2,1H3,(H,21,24)(H,22,26);2*1-2H3. The van der Waals surface area contributed by atoms with E-state index in [2.05, 4.69) is 10.3 Å². The summed E-state index contributed by atoms with van der Waals surface area (Å²) in [6.45, 7) is 8.41. The van der Waals surface area contributed by atoms with Gasteiger partial charge in [-0.15, -0.1) is 11.3 Å². The first-order chi connectivity index (χ1) is 15.4. The molecule has 3 heterocycles. The number of aromatic amines is 1. The van der Waals surface area contributed by atoms with E-state index in [9.17, 15) is 18.8 Å². The molecule has 10 heteroatoms. The molecule has 1 saturated heterocycles. The lowest BCUT2D eigenvalue weighted by atomic mass is 10.1. The summed E-state index contributed by atoms with van der Waals surface area (Å²) in [5, 5.41) is 2.85. The van der Waals surface area contributed by atoms with Crippen LogP contribution in [0.4, 0.5) is 4.39 Å². The fourth-order valence-corrected chi connectivity index (χ4v) is 4.73. The number of benzene rings is 1. The maximum atomic E-state index is 13.8. The Balaban J connectivity index is 0.000000860. The number of H-pyrrole nitrogens is 1. The lowest BCUT2D eigenvalue weighted by Gasteiger charge is -2.23. The Morgan fingerprint density at radius 2 is 1.84 bits per heavy atom. The molecule has 1 fully saturated rings. The lowest BCUT2D eigenvalue weighted by Crippen LogP contribution is -2.43. The number of halogens is 2. The minimum atomic E-state index is -0.594. The van der Waals surface area contributed by atoms with E-state index in [0.29, 0.717) is 33.6 Å². The summed E-state index contributed by atoms with van der Waals surface area (Å²) >= 11 is 7.31. The molecule has 4 rings (SSSR count). The molecule has 0 radical (unpaired) electrons. The molecule has 32 heavy (non-hydrogen) atoms. The van der Waals surface area contributed by atoms with Crippen molar-refractivity contribution in [1.82, 2.24) is 14.9 Å². The van der Waals surface area contributed by atoms with Gasteiger partial charge in [-0.05, 0) is 24.6 Å². The molecule has 0 spiro atoms. The van der Waals surface area contributed by atoms with Crippen molar-refractivity contribution in [2.75, 3.05) is 13.7 Å². The summed E-state index contributed by atoms with van der Waals surface area (Å²) in [7, 11) is 1.34. The van der Waals surface area contributed by atoms with E-state index in [1.54, 1.807) is 6.07 Å². The summed E-state index contributed by atoms with van der Waals surface area (Å²) in [6, 6.07) is 3.72. The van der Waals surface area contributed by atoms with E-state index in [1.165, 1.54) is 13.2 Å². The molecule has 1 amide bonds. The van der Waals surface area contributed by atoms with Crippen LogP contribution in [0.5, 0.6) is 5.75 Å². The molecule has 3 aromatic rings. The van der Waals surface area contributed by atoms with Gasteiger partial charge in [0.05, 0.1) is 23.7 Å². The number of nitrogens with zero attached hydrogens (tertiary/aromatic N) is 1. The average molecular weight is 484 g/mol. The van der Waals surface area contributed by atoms with Crippen LogP contribution in [-0.2, 0) is 4.79 Å². The monoisotopic (exact) mass is 483 g/mol. The van der Waals surface area contributed by atoms with Crippen LogP contribution in [-0.4, -0.2) is 29.1 Å². The number of piperidine rings is 1. The van der Waals surface area contributed by atoms with Gasteiger partial charge in [0.1, 0.15) is 4.70 Å². The van der Waals surface area contributed by atoms with Crippen molar-refractivity contribution < 1.29 is 13.9 Å². The molecule has 1 atom stereocenters. The number of carbonyl (C=O) groups excluding carboxylic acids is 1. The predicted molar refractivity (Wildman–Crippen MR) is 128 cm³/mol. The highest BCUT2D eigenvalue weighted by atomic mass is 35.5. The normalized spacial score (nSPS) is 15.2. The van der Waals surface area contributed by atoms with Gasteiger partial charge >= 0.3 is 5.69 Å². The van der Waals surface area contributed by atoms with Crippen LogP contribution in [0.3, 0.4) is 0 Å². The van der Waals surface area contributed by atoms with Gasteiger partial charge in [0.15, 0.2) is 11.6 Å². The van der Waals surface area contributed by atoms with E-state index >= 15 is 0 Å². The smallest absolute Gasteiger partial charge is 0.329 e. The van der Waals surface area contributed by atoms with Crippen molar-refractivity contribution in [3.63, 3.8) is 0 Å². The molecule has 174 valence electrons. The number of hydrogen-bond donors (Lipinski definition) is 2. The molecule has 1 aliphatic heterocycles. The van der Waals surface area contributed by atoms with Crippen molar-refractivity contribution in [3.8, 4) is 16.2 Å². The van der Waals surface area contributed by atoms with Gasteiger partial charge in [0.2, 0.25) is 5.91 Å². The average Bonchev–Trinajstić information content (AvgIpc) is 3.21. The van der Waals surface area contributed by atoms with Gasteiger partial charge in [0.25, 0.3) is 5.56 Å². The zero-order valence-electron chi connectivity index (χ0n) is 18.7. The van der Waals surface area contributed by atoms with Crippen LogP contribution in [0.1, 0.15) is 46.6 Å². The van der Waals surface area contributed by atoms with Crippen LogP contribution in [0.15, 0.2) is 27.8 Å². The molecule has 0 saturated carbocycles. The SMILES string of the molecule is CC.CC.COc1cc(-c2cc3[nH]c(=O)n(C4CCNC(=O)C4)c(=O)c3s2)c(Cl)cc1F. The number of methoxy groups -OCH3 is 1. The Labute approximate surface area is 194 Å². The first-order valence-electron chi connectivity index (χ1n) is 10.5. The third kappa shape index (κ3) is 5.05. The second kappa shape index (κ2) is 11.3. The topological polar surface area (TPSA) is 93.2 Å². The maximum Gasteiger partial charge on any atom is 0.329 e. The Morgan fingerprint density at radius 3 is 2.47 bits per heavy atom. The number of nitrogens with one attached hydrogen (secondary N) is 2. The molecular weight excluding hydrogens is 457 g/mol. The highest BCUT2D eigenvalue weighted by Crippen LogP contribution is 2.38. The number of ether oxygens (including phenoxy) is 1. The van der Waals surface area contributed by atoms with Crippen molar-refractivity contribution in [2.24, 2.45) is 0 Å². The Morgan fingerprint density at radius 1 is 1.16 bits per heavy atom. The van der Waals surface area contributed by atoms with Gasteiger partial charge in [-0.1, -0.05) is 39.3 Å². The predicted octanol–water partition coefficient (Wildman–Crippen LogP) is 4.72. The van der Waals surface area contributed by atoms with E-state index in [4.69, 9.17) is 16.3 Å². The zero-order chi connectivity index (χ0) is 24.0. The fourth-order valence-electron chi connectivity index (χ4n) is 3.35. The van der Waals surface area contributed by atoms with Crippen molar-refractivity contribution in [2.45, 2.75) is 46.6 Å². The number of rotatable bonds is 3. The Kier molecular flexibility index (Phi) is 9.03. The molecule has 1 aliphatic rings. The van der Waals surface area contributed by atoms with Crippen molar-refractivity contribution >= 4 is 39.1 Å². The van der Waals surface area contributed by atoms with E-state index in [0.717, 1.165) is 22.0 Å². The van der Waals surface area contributed by atoms with Crippen molar-refractivity contribution in [3.05, 3.63) is 49.9 Å². The maximum absolute atomic E-state index is 13.8. The highest BCUT2D eigenvalue weighted by Gasteiger charge is 2.25. The number of hydrogen-bond acceptors (Lipinski definition) is 5. The molecule has 1 unspecified atom stereocenters. The van der Waals surface area contributed by atoms with Crippen LogP contribution in [0.2, 0.25) is 5.02 Å². The largest absolute Gasteiger partial charge is 0.494 e. The van der Waals surface area contributed by atoms with Gasteiger partial charge in [0, 0.05) is 23.4 Å². The minimum absolute atomic E-state index is 0.0241. The third-order valence-corrected chi connectivity index (χ3v) is 6.17. The molecule has 1 aromatic carbocycles. The molecular formula is C22H27ClFN3O4S. The fraction of sp³-hybridized carbons (Fsp3) is 0.409. The molecule has 2 aromatic heterocycles. The van der Waals surface area contributed by atoms with Crippen LogP contribution in [0, 0.1) is 5.82 Å². The second-order valence-corrected chi connectivity index (χ2v) is 7.88.